The second kappa shape index (κ2) is 6.65. The van der Waals surface area contributed by atoms with Gasteiger partial charge in [0.05, 0.1) is 26.0 Å². The molecule has 0 unspecified atom stereocenters. The minimum absolute atomic E-state index is 0.285. The Bertz CT molecular complexity index is 862. The molecule has 0 saturated carbocycles. The van der Waals surface area contributed by atoms with E-state index in [0.29, 0.717) is 5.92 Å². The first kappa shape index (κ1) is 16.9. The fourth-order valence-corrected chi connectivity index (χ4v) is 4.12. The number of hydrogen-bond acceptors (Lipinski definition) is 5. The zero-order valence-electron chi connectivity index (χ0n) is 15.5. The summed E-state index contributed by atoms with van der Waals surface area (Å²) >= 11 is 0. The van der Waals surface area contributed by atoms with E-state index < -0.39 is 0 Å². The second-order valence-corrected chi connectivity index (χ2v) is 7.12. The van der Waals surface area contributed by atoms with Gasteiger partial charge in [-0.2, -0.15) is 0 Å². The van der Waals surface area contributed by atoms with Gasteiger partial charge in [0.15, 0.2) is 11.5 Å². The topological polar surface area (TPSA) is 60.1 Å². The number of hydrogen-bond donors (Lipinski definition) is 1. The van der Waals surface area contributed by atoms with Gasteiger partial charge in [-0.3, -0.25) is 4.99 Å². The highest BCUT2D eigenvalue weighted by atomic mass is 16.5. The standard InChI is InChI=1S/C21H25N3O2/c1-24-8-7-18-17(12-24)15-10-19(25-2)20(26-3)11-16(15)21(23-18)13-5-4-6-14(22)9-13/h4-6,9-11,17-18H,7-8,12,22H2,1-3H3/t17-,18-/m1/s1. The Morgan fingerprint density at radius 1 is 1.12 bits per heavy atom. The highest BCUT2D eigenvalue weighted by Crippen LogP contribution is 2.42. The molecule has 0 radical (unpaired) electrons. The van der Waals surface area contributed by atoms with Crippen LogP contribution in [0.25, 0.3) is 0 Å². The van der Waals surface area contributed by atoms with E-state index in [2.05, 4.69) is 30.1 Å². The number of benzene rings is 2. The summed E-state index contributed by atoms with van der Waals surface area (Å²) in [5, 5.41) is 0. The lowest BCUT2D eigenvalue weighted by Gasteiger charge is -2.39. The molecule has 2 aromatic carbocycles. The molecule has 2 N–H and O–H groups in total. The van der Waals surface area contributed by atoms with Crippen molar-refractivity contribution in [1.82, 2.24) is 4.90 Å². The number of ether oxygens (including phenoxy) is 2. The molecule has 2 aromatic rings. The molecule has 2 aliphatic rings. The van der Waals surface area contributed by atoms with Crippen molar-refractivity contribution in [2.45, 2.75) is 18.4 Å². The normalized spacial score (nSPS) is 22.2. The van der Waals surface area contributed by atoms with Crippen molar-refractivity contribution >= 4 is 11.4 Å². The maximum absolute atomic E-state index is 6.03. The first-order valence-corrected chi connectivity index (χ1v) is 8.99. The van der Waals surface area contributed by atoms with E-state index in [1.165, 1.54) is 5.56 Å². The summed E-state index contributed by atoms with van der Waals surface area (Å²) in [6.45, 7) is 2.07. The maximum atomic E-state index is 6.03. The van der Waals surface area contributed by atoms with Crippen LogP contribution in [0.3, 0.4) is 0 Å². The average Bonchev–Trinajstić information content (AvgIpc) is 2.66. The summed E-state index contributed by atoms with van der Waals surface area (Å²) in [6.07, 6.45) is 1.06. The molecule has 5 heteroatoms. The molecule has 0 bridgehead atoms. The highest BCUT2D eigenvalue weighted by Gasteiger charge is 2.36. The number of piperidine rings is 1. The smallest absolute Gasteiger partial charge is 0.161 e. The van der Waals surface area contributed by atoms with Crippen LogP contribution in [0.2, 0.25) is 0 Å². The summed E-state index contributed by atoms with van der Waals surface area (Å²) < 4.78 is 11.1. The lowest BCUT2D eigenvalue weighted by atomic mass is 9.79. The van der Waals surface area contributed by atoms with Gasteiger partial charge in [-0.05, 0) is 49.8 Å². The molecule has 0 amide bonds. The molecule has 26 heavy (non-hydrogen) atoms. The van der Waals surface area contributed by atoms with E-state index in [-0.39, 0.29) is 6.04 Å². The van der Waals surface area contributed by atoms with Crippen LogP contribution in [0, 0.1) is 0 Å². The van der Waals surface area contributed by atoms with Crippen LogP contribution in [-0.4, -0.2) is 51.0 Å². The van der Waals surface area contributed by atoms with Gasteiger partial charge in [0.2, 0.25) is 0 Å². The van der Waals surface area contributed by atoms with Gasteiger partial charge < -0.3 is 20.1 Å². The van der Waals surface area contributed by atoms with Crippen LogP contribution >= 0.6 is 0 Å². The van der Waals surface area contributed by atoms with Gasteiger partial charge in [-0.1, -0.05) is 12.1 Å². The van der Waals surface area contributed by atoms with E-state index in [0.717, 1.165) is 53.5 Å². The number of aliphatic imine (C=N–C) groups is 1. The van der Waals surface area contributed by atoms with Crippen molar-refractivity contribution in [2.24, 2.45) is 4.99 Å². The molecular weight excluding hydrogens is 326 g/mol. The minimum atomic E-state index is 0.285. The van der Waals surface area contributed by atoms with E-state index in [9.17, 15) is 0 Å². The van der Waals surface area contributed by atoms with Crippen LogP contribution in [0.1, 0.15) is 29.0 Å². The first-order valence-electron chi connectivity index (χ1n) is 8.99. The van der Waals surface area contributed by atoms with Crippen LogP contribution in [0.5, 0.6) is 11.5 Å². The molecule has 0 aromatic heterocycles. The number of likely N-dealkylation sites (N-methyl/N-ethyl adjacent to an activating group) is 1. The van der Waals surface area contributed by atoms with Gasteiger partial charge in [-0.15, -0.1) is 0 Å². The predicted molar refractivity (Wildman–Crippen MR) is 105 cm³/mol. The van der Waals surface area contributed by atoms with E-state index in [1.54, 1.807) is 14.2 Å². The van der Waals surface area contributed by atoms with Gasteiger partial charge in [0.25, 0.3) is 0 Å². The summed E-state index contributed by atoms with van der Waals surface area (Å²) in [6, 6.07) is 12.4. The third-order valence-electron chi connectivity index (χ3n) is 5.44. The van der Waals surface area contributed by atoms with Crippen molar-refractivity contribution in [2.75, 3.05) is 40.1 Å². The first-order chi connectivity index (χ1) is 12.6. The van der Waals surface area contributed by atoms with Crippen molar-refractivity contribution < 1.29 is 9.47 Å². The van der Waals surface area contributed by atoms with Gasteiger partial charge in [0, 0.05) is 29.3 Å². The summed E-state index contributed by atoms with van der Waals surface area (Å²) in [4.78, 5) is 7.54. The van der Waals surface area contributed by atoms with Crippen LogP contribution in [0.15, 0.2) is 41.4 Å². The number of anilines is 1. The maximum Gasteiger partial charge on any atom is 0.161 e. The summed E-state index contributed by atoms with van der Waals surface area (Å²) in [5.74, 6) is 1.87. The van der Waals surface area contributed by atoms with Gasteiger partial charge in [0.1, 0.15) is 0 Å². The van der Waals surface area contributed by atoms with Crippen molar-refractivity contribution in [1.29, 1.82) is 0 Å². The largest absolute Gasteiger partial charge is 0.493 e. The van der Waals surface area contributed by atoms with E-state index in [1.807, 2.05) is 18.2 Å². The lowest BCUT2D eigenvalue weighted by molar-refractivity contribution is 0.227. The zero-order valence-corrected chi connectivity index (χ0v) is 15.5. The fourth-order valence-electron chi connectivity index (χ4n) is 4.12. The third-order valence-corrected chi connectivity index (χ3v) is 5.44. The number of fused-ring (bicyclic) bond motifs is 3. The molecule has 1 saturated heterocycles. The monoisotopic (exact) mass is 351 g/mol. The van der Waals surface area contributed by atoms with Crippen LogP contribution in [0.4, 0.5) is 5.69 Å². The molecule has 1 fully saturated rings. The molecule has 0 aliphatic carbocycles. The zero-order chi connectivity index (χ0) is 18.3. The fraction of sp³-hybridized carbons (Fsp3) is 0.381. The Kier molecular flexibility index (Phi) is 4.32. The van der Waals surface area contributed by atoms with Gasteiger partial charge >= 0.3 is 0 Å². The third kappa shape index (κ3) is 2.82. The number of methoxy groups -OCH3 is 2. The van der Waals surface area contributed by atoms with Gasteiger partial charge in [-0.25, -0.2) is 0 Å². The Morgan fingerprint density at radius 2 is 1.88 bits per heavy atom. The van der Waals surface area contributed by atoms with Crippen molar-refractivity contribution in [3.05, 3.63) is 53.1 Å². The Hall–Kier alpha value is -2.53. The number of nitrogens with zero attached hydrogens (tertiary/aromatic N) is 2. The van der Waals surface area contributed by atoms with Crippen LogP contribution in [-0.2, 0) is 0 Å². The molecule has 4 rings (SSSR count). The lowest BCUT2D eigenvalue weighted by Crippen LogP contribution is -2.41. The SMILES string of the molecule is COc1cc2c(cc1OC)[C@H]1CN(C)CC[C@H]1N=C2c1cccc(N)c1. The number of likely N-dealkylation sites (tertiary alicyclic amines) is 1. The summed E-state index contributed by atoms with van der Waals surface area (Å²) in [5.41, 5.74) is 11.2. The Balaban J connectivity index is 1.91. The number of rotatable bonds is 3. The van der Waals surface area contributed by atoms with Crippen LogP contribution < -0.4 is 15.2 Å². The van der Waals surface area contributed by atoms with Crippen molar-refractivity contribution in [3.8, 4) is 11.5 Å². The molecule has 5 nitrogen and oxygen atoms in total. The Labute approximate surface area is 154 Å². The minimum Gasteiger partial charge on any atom is -0.493 e. The highest BCUT2D eigenvalue weighted by molar-refractivity contribution is 6.15. The second-order valence-electron chi connectivity index (χ2n) is 7.12. The molecule has 2 aliphatic heterocycles. The Morgan fingerprint density at radius 3 is 2.62 bits per heavy atom. The predicted octanol–water partition coefficient (Wildman–Crippen LogP) is 2.92. The van der Waals surface area contributed by atoms with Crippen molar-refractivity contribution in [3.63, 3.8) is 0 Å². The molecular formula is C21H25N3O2. The summed E-state index contributed by atoms with van der Waals surface area (Å²) in [7, 11) is 5.53. The van der Waals surface area contributed by atoms with E-state index in [4.69, 9.17) is 20.2 Å². The quantitative estimate of drug-likeness (QED) is 0.864. The molecule has 2 heterocycles. The molecule has 136 valence electrons. The number of nitrogen functional groups attached to an aromatic ring is 1. The average molecular weight is 351 g/mol. The number of nitrogens with two attached hydrogens (primary N) is 1. The van der Waals surface area contributed by atoms with E-state index >= 15 is 0 Å². The molecule has 2 atom stereocenters. The molecule has 0 spiro atoms.